The van der Waals surface area contributed by atoms with Crippen LogP contribution in [-0.2, 0) is 13.0 Å². The van der Waals surface area contributed by atoms with Gasteiger partial charge in [-0.25, -0.2) is 8.78 Å². The molecule has 0 bridgehead atoms. The number of anilines is 1. The summed E-state index contributed by atoms with van der Waals surface area (Å²) in [5.41, 5.74) is 7.87. The third-order valence-corrected chi connectivity index (χ3v) is 3.70. The van der Waals surface area contributed by atoms with Crippen molar-refractivity contribution in [3.63, 3.8) is 0 Å². The van der Waals surface area contributed by atoms with Gasteiger partial charge in [-0.15, -0.1) is 0 Å². The lowest BCUT2D eigenvalue weighted by Gasteiger charge is -2.29. The first-order valence-corrected chi connectivity index (χ1v) is 6.67. The first-order chi connectivity index (χ1) is 10.1. The second-order valence-corrected chi connectivity index (χ2v) is 5.11. The topological polar surface area (TPSA) is 46.3 Å². The van der Waals surface area contributed by atoms with Crippen LogP contribution in [-0.4, -0.2) is 17.4 Å². The van der Waals surface area contributed by atoms with Crippen LogP contribution in [0.5, 0.6) is 0 Å². The summed E-state index contributed by atoms with van der Waals surface area (Å²) in [6.45, 7) is 0.530. The summed E-state index contributed by atoms with van der Waals surface area (Å²) >= 11 is 0. The van der Waals surface area contributed by atoms with E-state index in [9.17, 15) is 13.6 Å². The molecule has 0 saturated carbocycles. The normalized spacial score (nSPS) is 14.2. The Balaban J connectivity index is 1.88. The molecule has 1 heterocycles. The zero-order valence-electron chi connectivity index (χ0n) is 11.3. The second-order valence-electron chi connectivity index (χ2n) is 5.11. The van der Waals surface area contributed by atoms with E-state index in [4.69, 9.17) is 5.73 Å². The van der Waals surface area contributed by atoms with Gasteiger partial charge in [0, 0.05) is 29.9 Å². The minimum Gasteiger partial charge on any atom is -0.399 e. The first kappa shape index (κ1) is 13.5. The van der Waals surface area contributed by atoms with Gasteiger partial charge in [-0.3, -0.25) is 4.79 Å². The predicted molar refractivity (Wildman–Crippen MR) is 75.7 cm³/mol. The number of carbonyl (C=O) groups is 1. The molecule has 0 spiro atoms. The molecule has 2 N–H and O–H groups in total. The maximum absolute atomic E-state index is 13.7. The van der Waals surface area contributed by atoms with Gasteiger partial charge in [0.1, 0.15) is 0 Å². The Kier molecular flexibility index (Phi) is 3.33. The lowest BCUT2D eigenvalue weighted by molar-refractivity contribution is 0.0725. The summed E-state index contributed by atoms with van der Waals surface area (Å²) < 4.78 is 26.9. The van der Waals surface area contributed by atoms with E-state index in [1.165, 1.54) is 17.0 Å². The largest absolute Gasteiger partial charge is 0.399 e. The molecule has 1 aliphatic heterocycles. The monoisotopic (exact) mass is 288 g/mol. The highest BCUT2D eigenvalue weighted by atomic mass is 19.2. The standard InChI is InChI=1S/C16H14F2N2O/c17-14-3-1-2-11(15(14)18)9-20-7-6-10-4-5-12(19)8-13(10)16(20)21/h1-5,8H,6-7,9,19H2. The van der Waals surface area contributed by atoms with Crippen LogP contribution in [0.3, 0.4) is 0 Å². The highest BCUT2D eigenvalue weighted by Crippen LogP contribution is 2.23. The van der Waals surface area contributed by atoms with Gasteiger partial charge in [0.05, 0.1) is 0 Å². The molecule has 5 heteroatoms. The molecule has 0 aliphatic carbocycles. The van der Waals surface area contributed by atoms with E-state index in [1.54, 1.807) is 12.1 Å². The number of nitrogens with two attached hydrogens (primary N) is 1. The van der Waals surface area contributed by atoms with Gasteiger partial charge in [-0.2, -0.15) is 0 Å². The quantitative estimate of drug-likeness (QED) is 0.864. The molecule has 0 saturated heterocycles. The Hall–Kier alpha value is -2.43. The number of halogens is 2. The van der Waals surface area contributed by atoms with Crippen LogP contribution in [0.2, 0.25) is 0 Å². The minimum absolute atomic E-state index is 0.0522. The highest BCUT2D eigenvalue weighted by molar-refractivity contribution is 5.97. The summed E-state index contributed by atoms with van der Waals surface area (Å²) in [4.78, 5) is 13.9. The van der Waals surface area contributed by atoms with Crippen molar-refractivity contribution >= 4 is 11.6 Å². The molecule has 0 radical (unpaired) electrons. The van der Waals surface area contributed by atoms with Crippen molar-refractivity contribution in [3.8, 4) is 0 Å². The van der Waals surface area contributed by atoms with E-state index >= 15 is 0 Å². The van der Waals surface area contributed by atoms with Gasteiger partial charge >= 0.3 is 0 Å². The average Bonchev–Trinajstić information content (AvgIpc) is 2.47. The molecule has 0 aromatic heterocycles. The van der Waals surface area contributed by atoms with Crippen LogP contribution >= 0.6 is 0 Å². The van der Waals surface area contributed by atoms with E-state index in [1.807, 2.05) is 6.07 Å². The molecule has 3 nitrogen and oxygen atoms in total. The summed E-state index contributed by atoms with van der Waals surface area (Å²) in [7, 11) is 0. The number of hydrogen-bond acceptors (Lipinski definition) is 2. The first-order valence-electron chi connectivity index (χ1n) is 6.67. The minimum atomic E-state index is -0.901. The number of carbonyl (C=O) groups excluding carboxylic acids is 1. The fraction of sp³-hybridized carbons (Fsp3) is 0.188. The molecule has 2 aromatic carbocycles. The Bertz CT molecular complexity index is 715. The smallest absolute Gasteiger partial charge is 0.254 e. The van der Waals surface area contributed by atoms with Crippen LogP contribution in [0.4, 0.5) is 14.5 Å². The van der Waals surface area contributed by atoms with E-state index in [0.29, 0.717) is 24.2 Å². The lowest BCUT2D eigenvalue weighted by atomic mass is 9.98. The van der Waals surface area contributed by atoms with E-state index < -0.39 is 11.6 Å². The van der Waals surface area contributed by atoms with Gasteiger partial charge in [-0.1, -0.05) is 18.2 Å². The molecule has 1 amide bonds. The molecule has 1 aliphatic rings. The van der Waals surface area contributed by atoms with Crippen LogP contribution in [0, 0.1) is 11.6 Å². The number of fused-ring (bicyclic) bond motifs is 1. The van der Waals surface area contributed by atoms with E-state index in [-0.39, 0.29) is 18.0 Å². The zero-order chi connectivity index (χ0) is 15.0. The molecule has 2 aromatic rings. The number of nitrogens with zero attached hydrogens (tertiary/aromatic N) is 1. The molecule has 3 rings (SSSR count). The maximum atomic E-state index is 13.7. The number of rotatable bonds is 2. The highest BCUT2D eigenvalue weighted by Gasteiger charge is 2.25. The van der Waals surface area contributed by atoms with Crippen LogP contribution in [0.15, 0.2) is 36.4 Å². The van der Waals surface area contributed by atoms with E-state index in [2.05, 4.69) is 0 Å². The molecular weight excluding hydrogens is 274 g/mol. The van der Waals surface area contributed by atoms with Crippen molar-refractivity contribution in [2.75, 3.05) is 12.3 Å². The predicted octanol–water partition coefficient (Wildman–Crippen LogP) is 2.75. The SMILES string of the molecule is Nc1ccc2c(c1)C(=O)N(Cc1cccc(F)c1F)CC2. The third-order valence-electron chi connectivity index (χ3n) is 3.70. The molecule has 0 fully saturated rings. The summed E-state index contributed by atoms with van der Waals surface area (Å²) in [5.74, 6) is -2.00. The fourth-order valence-electron chi connectivity index (χ4n) is 2.57. The van der Waals surface area contributed by atoms with Crippen LogP contribution in [0.1, 0.15) is 21.5 Å². The van der Waals surface area contributed by atoms with Crippen molar-refractivity contribution in [2.45, 2.75) is 13.0 Å². The van der Waals surface area contributed by atoms with Crippen molar-refractivity contribution < 1.29 is 13.6 Å². The Labute approximate surface area is 121 Å². The van der Waals surface area contributed by atoms with Gasteiger partial charge < -0.3 is 10.6 Å². The van der Waals surface area contributed by atoms with Gasteiger partial charge in [0.15, 0.2) is 11.6 Å². The molecule has 21 heavy (non-hydrogen) atoms. The zero-order valence-corrected chi connectivity index (χ0v) is 11.3. The van der Waals surface area contributed by atoms with Crippen molar-refractivity contribution in [3.05, 3.63) is 64.7 Å². The fourth-order valence-corrected chi connectivity index (χ4v) is 2.57. The van der Waals surface area contributed by atoms with E-state index in [0.717, 1.165) is 11.6 Å². The number of benzene rings is 2. The van der Waals surface area contributed by atoms with Crippen LogP contribution < -0.4 is 5.73 Å². The lowest BCUT2D eigenvalue weighted by Crippen LogP contribution is -2.37. The Morgan fingerprint density at radius 3 is 2.81 bits per heavy atom. The Morgan fingerprint density at radius 1 is 1.19 bits per heavy atom. The molecule has 0 atom stereocenters. The van der Waals surface area contributed by atoms with Gasteiger partial charge in [-0.05, 0) is 30.2 Å². The number of nitrogen functional groups attached to an aromatic ring is 1. The molecule has 0 unspecified atom stereocenters. The van der Waals surface area contributed by atoms with Crippen molar-refractivity contribution in [1.29, 1.82) is 0 Å². The van der Waals surface area contributed by atoms with Crippen molar-refractivity contribution in [2.24, 2.45) is 0 Å². The van der Waals surface area contributed by atoms with Gasteiger partial charge in [0.25, 0.3) is 5.91 Å². The van der Waals surface area contributed by atoms with Gasteiger partial charge in [0.2, 0.25) is 0 Å². The molecular formula is C16H14F2N2O. The Morgan fingerprint density at radius 2 is 2.00 bits per heavy atom. The maximum Gasteiger partial charge on any atom is 0.254 e. The number of amides is 1. The summed E-state index contributed by atoms with van der Waals surface area (Å²) in [6.07, 6.45) is 0.679. The number of hydrogen-bond donors (Lipinski definition) is 1. The molecule has 108 valence electrons. The summed E-state index contributed by atoms with van der Waals surface area (Å²) in [5, 5.41) is 0. The van der Waals surface area contributed by atoms with Crippen LogP contribution in [0.25, 0.3) is 0 Å². The van der Waals surface area contributed by atoms with Crippen molar-refractivity contribution in [1.82, 2.24) is 4.90 Å². The average molecular weight is 288 g/mol. The summed E-state index contributed by atoms with van der Waals surface area (Å²) in [6, 6.07) is 9.21. The third kappa shape index (κ3) is 2.46. The second kappa shape index (κ2) is 5.16.